The summed E-state index contributed by atoms with van der Waals surface area (Å²) in [6.07, 6.45) is 6.87. The zero-order valence-corrected chi connectivity index (χ0v) is 18.0. The van der Waals surface area contributed by atoms with Crippen LogP contribution in [0.2, 0.25) is 0 Å². The first-order valence-corrected chi connectivity index (χ1v) is 7.50. The number of allylic oxidation sites excluding steroid dienone is 8. The van der Waals surface area contributed by atoms with E-state index in [1.807, 2.05) is 0 Å². The topological polar surface area (TPSA) is 0 Å². The molecule has 0 saturated heterocycles. The SMILES string of the molecule is CC1=[C-]C(C)(C)C(C)=C1C.CC1=[C-]C(C)(C)C(C)=C1C.[H-].[H-].[Zr+2]. The van der Waals surface area contributed by atoms with Gasteiger partial charge in [-0.3, -0.25) is 12.2 Å². The van der Waals surface area contributed by atoms with E-state index in [0.29, 0.717) is 0 Å². The second-order valence-electron chi connectivity index (χ2n) is 7.25. The zero-order chi connectivity index (χ0) is 15.9. The van der Waals surface area contributed by atoms with Crippen LogP contribution in [0.1, 0.15) is 72.1 Å². The molecule has 0 aromatic rings. The quantitative estimate of drug-likeness (QED) is 0.434. The van der Waals surface area contributed by atoms with Crippen LogP contribution in [0.3, 0.4) is 0 Å². The molecule has 0 heterocycles. The van der Waals surface area contributed by atoms with Gasteiger partial charge < -0.3 is 2.85 Å². The van der Waals surface area contributed by atoms with Crippen molar-refractivity contribution in [2.45, 2.75) is 69.2 Å². The van der Waals surface area contributed by atoms with E-state index >= 15 is 0 Å². The smallest absolute Gasteiger partial charge is 1.00 e. The summed E-state index contributed by atoms with van der Waals surface area (Å²) in [7, 11) is 0. The standard InChI is InChI=1S/2C10H15.Zr.2H/c2*1-7-6-10(4,5)9(3)8(7)2;;;/h2*1-5H3;;;/q2*-1;+2;2*-1. The molecule has 2 aliphatic carbocycles. The molecule has 1 heteroatoms. The number of rotatable bonds is 0. The average Bonchev–Trinajstić information content (AvgIpc) is 2.60. The Balaban J connectivity index is -0.000000308. The summed E-state index contributed by atoms with van der Waals surface area (Å²) in [5.41, 5.74) is 8.79. The minimum Gasteiger partial charge on any atom is -1.00 e. The molecule has 21 heavy (non-hydrogen) atoms. The predicted octanol–water partition coefficient (Wildman–Crippen LogP) is 6.45. The zero-order valence-electron chi connectivity index (χ0n) is 17.5. The van der Waals surface area contributed by atoms with E-state index < -0.39 is 0 Å². The van der Waals surface area contributed by atoms with Crippen LogP contribution in [0.25, 0.3) is 0 Å². The van der Waals surface area contributed by atoms with Crippen molar-refractivity contribution in [3.05, 3.63) is 45.6 Å². The number of hydrogen-bond donors (Lipinski definition) is 0. The van der Waals surface area contributed by atoms with Crippen LogP contribution in [-0.2, 0) is 26.2 Å². The van der Waals surface area contributed by atoms with Crippen LogP contribution >= 0.6 is 0 Å². The van der Waals surface area contributed by atoms with Crippen molar-refractivity contribution in [2.24, 2.45) is 10.8 Å². The summed E-state index contributed by atoms with van der Waals surface area (Å²) in [6.45, 7) is 21.8. The maximum Gasteiger partial charge on any atom is 2.00 e. The van der Waals surface area contributed by atoms with Gasteiger partial charge in [0.15, 0.2) is 0 Å². The number of hydrogen-bond acceptors (Lipinski definition) is 0. The molecule has 0 aromatic heterocycles. The largest absolute Gasteiger partial charge is 2.00 e. The summed E-state index contributed by atoms with van der Waals surface area (Å²) >= 11 is 0. The van der Waals surface area contributed by atoms with E-state index in [2.05, 4.69) is 81.4 Å². The minimum atomic E-state index is 0. The van der Waals surface area contributed by atoms with Gasteiger partial charge in [0.1, 0.15) is 0 Å². The first-order chi connectivity index (χ1) is 8.90. The van der Waals surface area contributed by atoms with Gasteiger partial charge in [0.25, 0.3) is 0 Å². The molecular formula is C20H32Zr-2. The second kappa shape index (κ2) is 6.95. The Morgan fingerprint density at radius 2 is 0.857 bits per heavy atom. The van der Waals surface area contributed by atoms with E-state index in [0.717, 1.165) is 0 Å². The molecule has 0 atom stereocenters. The van der Waals surface area contributed by atoms with Crippen LogP contribution in [0.4, 0.5) is 0 Å². The Bertz CT molecular complexity index is 494. The summed E-state index contributed by atoms with van der Waals surface area (Å²) in [4.78, 5) is 0. The molecule has 0 saturated carbocycles. The van der Waals surface area contributed by atoms with Crippen LogP contribution in [0.5, 0.6) is 0 Å². The molecular weight excluding hydrogens is 331 g/mol. The van der Waals surface area contributed by atoms with Gasteiger partial charge in [-0.05, 0) is 0 Å². The van der Waals surface area contributed by atoms with Crippen molar-refractivity contribution in [3.63, 3.8) is 0 Å². The summed E-state index contributed by atoms with van der Waals surface area (Å²) in [5.74, 6) is 0. The Morgan fingerprint density at radius 3 is 0.905 bits per heavy atom. The van der Waals surface area contributed by atoms with Crippen molar-refractivity contribution in [1.29, 1.82) is 0 Å². The third kappa shape index (κ3) is 4.41. The second-order valence-corrected chi connectivity index (χ2v) is 7.25. The molecule has 0 aliphatic heterocycles. The Kier molecular flexibility index (Phi) is 6.90. The van der Waals surface area contributed by atoms with Crippen LogP contribution in [-0.4, -0.2) is 0 Å². The Hall–Kier alpha value is -0.157. The molecule has 0 fully saturated rings. The molecule has 2 aliphatic rings. The van der Waals surface area contributed by atoms with Gasteiger partial charge in [0.2, 0.25) is 0 Å². The van der Waals surface area contributed by atoms with Crippen LogP contribution < -0.4 is 0 Å². The maximum atomic E-state index is 3.44. The third-order valence-electron chi connectivity index (χ3n) is 5.12. The molecule has 2 rings (SSSR count). The van der Waals surface area contributed by atoms with Crippen molar-refractivity contribution in [1.82, 2.24) is 0 Å². The predicted molar refractivity (Wildman–Crippen MR) is 91.4 cm³/mol. The van der Waals surface area contributed by atoms with E-state index in [1.165, 1.54) is 33.4 Å². The van der Waals surface area contributed by atoms with E-state index in [9.17, 15) is 0 Å². The van der Waals surface area contributed by atoms with E-state index in [4.69, 9.17) is 0 Å². The van der Waals surface area contributed by atoms with Gasteiger partial charge in [-0.2, -0.15) is 22.3 Å². The van der Waals surface area contributed by atoms with Gasteiger partial charge in [-0.15, -0.1) is 13.8 Å². The first kappa shape index (κ1) is 20.8. The summed E-state index contributed by atoms with van der Waals surface area (Å²) in [6, 6.07) is 0. The third-order valence-corrected chi connectivity index (χ3v) is 5.12. The molecule has 0 unspecified atom stereocenters. The maximum absolute atomic E-state index is 3.44. The Morgan fingerprint density at radius 1 is 0.619 bits per heavy atom. The van der Waals surface area contributed by atoms with Gasteiger partial charge >= 0.3 is 26.2 Å². The summed E-state index contributed by atoms with van der Waals surface area (Å²) < 4.78 is 0. The van der Waals surface area contributed by atoms with E-state index in [1.54, 1.807) is 0 Å². The minimum absolute atomic E-state index is 0. The molecule has 0 spiro atoms. The Labute approximate surface area is 154 Å². The van der Waals surface area contributed by atoms with E-state index in [-0.39, 0.29) is 39.9 Å². The molecule has 0 radical (unpaired) electrons. The monoisotopic (exact) mass is 362 g/mol. The van der Waals surface area contributed by atoms with Gasteiger partial charge in [0.05, 0.1) is 0 Å². The molecule has 0 amide bonds. The fourth-order valence-corrected chi connectivity index (χ4v) is 2.81. The molecule has 0 aromatic carbocycles. The van der Waals surface area contributed by atoms with Crippen LogP contribution in [0, 0.1) is 23.0 Å². The van der Waals surface area contributed by atoms with Gasteiger partial charge in [-0.1, -0.05) is 66.2 Å². The fraction of sp³-hybridized carbons (Fsp3) is 0.600. The molecule has 0 N–H and O–H groups in total. The normalized spacial score (nSPS) is 22.4. The van der Waals surface area contributed by atoms with Crippen molar-refractivity contribution < 1.29 is 29.1 Å². The molecule has 0 nitrogen and oxygen atoms in total. The fourth-order valence-electron chi connectivity index (χ4n) is 2.81. The molecule has 118 valence electrons. The van der Waals surface area contributed by atoms with Crippen molar-refractivity contribution in [2.75, 3.05) is 0 Å². The average molecular weight is 364 g/mol. The summed E-state index contributed by atoms with van der Waals surface area (Å²) in [5, 5.41) is 0. The molecule has 0 bridgehead atoms. The first-order valence-electron chi connectivity index (χ1n) is 7.50. The van der Waals surface area contributed by atoms with Crippen molar-refractivity contribution in [3.8, 4) is 0 Å². The van der Waals surface area contributed by atoms with Crippen LogP contribution in [0.15, 0.2) is 33.4 Å². The van der Waals surface area contributed by atoms with Gasteiger partial charge in [0, 0.05) is 0 Å². The van der Waals surface area contributed by atoms with Crippen molar-refractivity contribution >= 4 is 0 Å². The van der Waals surface area contributed by atoms with Gasteiger partial charge in [-0.25, -0.2) is 11.1 Å².